The number of hydrogen-bond acceptors (Lipinski definition) is 4. The first-order chi connectivity index (χ1) is 15.4. The third-order valence-electron chi connectivity index (χ3n) is 4.89. The molecule has 0 radical (unpaired) electrons. The number of imidazole rings is 2. The molecular formula is C21H14F6N6Pt. The molecule has 0 N–H and O–H groups in total. The third kappa shape index (κ3) is 4.77. The molecule has 0 amide bonds. The van der Waals surface area contributed by atoms with Crippen molar-refractivity contribution in [2.45, 2.75) is 31.6 Å². The van der Waals surface area contributed by atoms with Gasteiger partial charge in [-0.15, -0.1) is 0 Å². The Balaban J connectivity index is 0.00000324. The topological polar surface area (TPSA) is 61.4 Å². The summed E-state index contributed by atoms with van der Waals surface area (Å²) in [6, 6.07) is 8.95. The van der Waals surface area contributed by atoms with Gasteiger partial charge in [0.05, 0.1) is 0 Å². The Labute approximate surface area is 204 Å². The number of hydrogen-bond donors (Lipinski definition) is 0. The van der Waals surface area contributed by atoms with Gasteiger partial charge in [-0.3, -0.25) is 9.97 Å². The summed E-state index contributed by atoms with van der Waals surface area (Å²) in [5, 5.41) is 0. The zero-order valence-corrected chi connectivity index (χ0v) is 19.7. The van der Waals surface area contributed by atoms with Gasteiger partial charge in [-0.25, -0.2) is 0 Å². The van der Waals surface area contributed by atoms with Crippen molar-refractivity contribution < 1.29 is 47.4 Å². The number of nitrogens with zero attached hydrogens (tertiary/aromatic N) is 6. The molecule has 0 aromatic carbocycles. The van der Waals surface area contributed by atoms with Crippen LogP contribution in [-0.4, -0.2) is 29.1 Å². The zero-order chi connectivity index (χ0) is 24.0. The molecule has 0 spiro atoms. The van der Waals surface area contributed by atoms with Gasteiger partial charge in [-0.1, -0.05) is 36.7 Å². The van der Waals surface area contributed by atoms with Crippen molar-refractivity contribution in [1.82, 2.24) is 29.1 Å². The maximum Gasteiger partial charge on any atom is 2.00 e. The van der Waals surface area contributed by atoms with Crippen molar-refractivity contribution in [1.29, 1.82) is 0 Å². The minimum Gasteiger partial charge on any atom is -0.443 e. The molecule has 0 unspecified atom stereocenters. The van der Waals surface area contributed by atoms with E-state index in [0.29, 0.717) is 20.5 Å². The Bertz CT molecular complexity index is 1190. The molecule has 4 aromatic heterocycles. The van der Waals surface area contributed by atoms with Crippen LogP contribution in [0.3, 0.4) is 0 Å². The zero-order valence-electron chi connectivity index (χ0n) is 17.4. The Morgan fingerprint density at radius 2 is 1.06 bits per heavy atom. The fourth-order valence-electron chi connectivity index (χ4n) is 3.21. The van der Waals surface area contributed by atoms with Crippen LogP contribution < -0.4 is 0 Å². The normalized spacial score (nSPS) is 12.5. The Hall–Kier alpha value is -3.01. The van der Waals surface area contributed by atoms with E-state index in [9.17, 15) is 26.3 Å². The SMILES string of the molecule is CC(C)(c1cccc(-n2[c-]cnc2C(F)(F)F)n1)c1cccc(-n2[c-]cnc2C(F)(F)F)n1.[Pt+2]. The molecule has 0 fully saturated rings. The van der Waals surface area contributed by atoms with Crippen molar-refractivity contribution in [3.05, 3.63) is 84.2 Å². The van der Waals surface area contributed by atoms with Gasteiger partial charge >= 0.3 is 33.4 Å². The van der Waals surface area contributed by atoms with E-state index in [2.05, 4.69) is 32.3 Å². The number of halogens is 6. The molecule has 6 nitrogen and oxygen atoms in total. The summed E-state index contributed by atoms with van der Waals surface area (Å²) in [5.41, 5.74) is -0.305. The smallest absolute Gasteiger partial charge is 0.443 e. The molecule has 0 saturated carbocycles. The van der Waals surface area contributed by atoms with E-state index in [1.54, 1.807) is 26.0 Å². The van der Waals surface area contributed by atoms with Gasteiger partial charge in [-0.05, 0) is 38.4 Å². The first kappa shape index (κ1) is 25.6. The maximum atomic E-state index is 13.2. The fraction of sp³-hybridized carbons (Fsp3) is 0.238. The van der Waals surface area contributed by atoms with Crippen LogP contribution in [0.15, 0.2) is 48.8 Å². The molecule has 34 heavy (non-hydrogen) atoms. The summed E-state index contributed by atoms with van der Waals surface area (Å²) < 4.78 is 80.8. The Kier molecular flexibility index (Phi) is 6.76. The first-order valence-corrected chi connectivity index (χ1v) is 9.40. The molecule has 4 aromatic rings. The van der Waals surface area contributed by atoms with Crippen molar-refractivity contribution in [3.8, 4) is 11.6 Å². The number of aromatic nitrogens is 6. The van der Waals surface area contributed by atoms with Crippen molar-refractivity contribution in [3.63, 3.8) is 0 Å². The second-order valence-electron chi connectivity index (χ2n) is 7.48. The molecular weight excluding hydrogens is 645 g/mol. The molecule has 13 heteroatoms. The second-order valence-corrected chi connectivity index (χ2v) is 7.48. The second kappa shape index (κ2) is 8.98. The summed E-state index contributed by atoms with van der Waals surface area (Å²) in [6.07, 6.45) is -2.86. The van der Waals surface area contributed by atoms with Gasteiger partial charge in [0.15, 0.2) is 0 Å². The minimum absolute atomic E-state index is 0. The predicted octanol–water partition coefficient (Wildman–Crippen LogP) is 4.81. The maximum absolute atomic E-state index is 13.2. The van der Waals surface area contributed by atoms with Gasteiger partial charge in [0.2, 0.25) is 0 Å². The van der Waals surface area contributed by atoms with Crippen molar-refractivity contribution in [2.75, 3.05) is 0 Å². The van der Waals surface area contributed by atoms with Gasteiger partial charge < -0.3 is 19.1 Å². The summed E-state index contributed by atoms with van der Waals surface area (Å²) in [6.45, 7) is 3.41. The predicted molar refractivity (Wildman–Crippen MR) is 103 cm³/mol. The molecule has 0 aliphatic rings. The van der Waals surface area contributed by atoms with E-state index >= 15 is 0 Å². The summed E-state index contributed by atoms with van der Waals surface area (Å²) in [5.74, 6) is -2.49. The molecule has 0 atom stereocenters. The average Bonchev–Trinajstić information content (AvgIpc) is 3.43. The third-order valence-corrected chi connectivity index (χ3v) is 4.89. The van der Waals surface area contributed by atoms with Gasteiger partial charge in [0, 0.05) is 28.4 Å². The number of alkyl halides is 6. The molecule has 0 bridgehead atoms. The van der Waals surface area contributed by atoms with Crippen molar-refractivity contribution in [2.24, 2.45) is 0 Å². The van der Waals surface area contributed by atoms with E-state index in [4.69, 9.17) is 0 Å². The molecule has 4 heterocycles. The average molecular weight is 659 g/mol. The van der Waals surface area contributed by atoms with Crippen LogP contribution in [0.2, 0.25) is 0 Å². The van der Waals surface area contributed by atoms with Crippen LogP contribution in [0.4, 0.5) is 26.3 Å². The van der Waals surface area contributed by atoms with Crippen LogP contribution >= 0.6 is 0 Å². The van der Waals surface area contributed by atoms with Gasteiger partial charge in [0.1, 0.15) is 11.6 Å². The van der Waals surface area contributed by atoms with Crippen LogP contribution in [0, 0.1) is 12.4 Å². The standard InChI is InChI=1S/C21H14F6N6.Pt/c1-19(2,13-5-3-7-15(30-13)32-11-9-28-17(32)20(22,23)24)14-6-4-8-16(31-14)33-12-10-29-18(33)21(25,26)27;/h3-10H,1-2H3;/q-2;+2. The van der Waals surface area contributed by atoms with Crippen LogP contribution in [0.5, 0.6) is 0 Å². The Morgan fingerprint density at radius 1 is 0.676 bits per heavy atom. The summed E-state index contributed by atoms with van der Waals surface area (Å²) in [7, 11) is 0. The molecule has 0 aliphatic heterocycles. The Morgan fingerprint density at radius 3 is 1.41 bits per heavy atom. The number of rotatable bonds is 4. The monoisotopic (exact) mass is 659 g/mol. The largest absolute Gasteiger partial charge is 2.00 e. The molecule has 180 valence electrons. The number of pyridine rings is 2. The van der Waals surface area contributed by atoms with Gasteiger partial charge in [0.25, 0.3) is 0 Å². The first-order valence-electron chi connectivity index (χ1n) is 9.40. The van der Waals surface area contributed by atoms with Crippen molar-refractivity contribution >= 4 is 0 Å². The van der Waals surface area contributed by atoms with E-state index in [1.165, 1.54) is 24.3 Å². The van der Waals surface area contributed by atoms with E-state index in [-0.39, 0.29) is 32.7 Å². The van der Waals surface area contributed by atoms with Crippen LogP contribution in [0.1, 0.15) is 36.9 Å². The molecule has 4 rings (SSSR count). The summed E-state index contributed by atoms with van der Waals surface area (Å²) in [4.78, 5) is 15.3. The fourth-order valence-corrected chi connectivity index (χ4v) is 3.21. The minimum atomic E-state index is -4.71. The van der Waals surface area contributed by atoms with Gasteiger partial charge in [-0.2, -0.15) is 26.3 Å². The molecule has 0 saturated heterocycles. The van der Waals surface area contributed by atoms with E-state index < -0.39 is 29.4 Å². The van der Waals surface area contributed by atoms with E-state index in [1.807, 2.05) is 0 Å². The van der Waals surface area contributed by atoms with Crippen LogP contribution in [0.25, 0.3) is 11.6 Å². The van der Waals surface area contributed by atoms with E-state index in [0.717, 1.165) is 12.4 Å². The quantitative estimate of drug-likeness (QED) is 0.233. The van der Waals surface area contributed by atoms with Crippen LogP contribution in [-0.2, 0) is 38.8 Å². The molecule has 0 aliphatic carbocycles. The summed E-state index contributed by atoms with van der Waals surface area (Å²) >= 11 is 0.